The van der Waals surface area contributed by atoms with Gasteiger partial charge in [-0.15, -0.1) is 0 Å². The van der Waals surface area contributed by atoms with E-state index in [-0.39, 0.29) is 20.3 Å². The predicted molar refractivity (Wildman–Crippen MR) is 36.5 cm³/mol. The second-order valence-electron chi connectivity index (χ2n) is 1.80. The third-order valence-corrected chi connectivity index (χ3v) is 0.829. The zero-order valence-electron chi connectivity index (χ0n) is 8.71. The Labute approximate surface area is 100 Å². The van der Waals surface area contributed by atoms with Crippen molar-refractivity contribution in [3.63, 3.8) is 0 Å². The summed E-state index contributed by atoms with van der Waals surface area (Å²) in [4.78, 5) is 42.9. The topological polar surface area (TPSA) is 136 Å². The number of carboxylic acid groups (broad SMARTS) is 2. The molecule has 0 bridgehead atoms. The van der Waals surface area contributed by atoms with Crippen molar-refractivity contribution in [2.75, 3.05) is 0 Å². The normalized spacial score (nSPS) is 8.31. The molecule has 9 nitrogen and oxygen atoms in total. The van der Waals surface area contributed by atoms with Gasteiger partial charge in [0.05, 0.1) is 0 Å². The maximum absolute atomic E-state index is 11.5. The molecular weight excluding hydrogens is 229 g/mol. The van der Waals surface area contributed by atoms with Crippen molar-refractivity contribution < 1.29 is 68.4 Å². The van der Waals surface area contributed by atoms with E-state index in [1.807, 2.05) is 0 Å². The van der Waals surface area contributed by atoms with Gasteiger partial charge in [-0.05, 0) is 0 Å². The van der Waals surface area contributed by atoms with Crippen LogP contribution in [0.3, 0.4) is 0 Å². The zero-order chi connectivity index (χ0) is 12.0. The third kappa shape index (κ3) is 6.02. The molecule has 0 unspecified atom stereocenters. The van der Waals surface area contributed by atoms with Crippen LogP contribution in [-0.2, 0) is 33.3 Å². The van der Waals surface area contributed by atoms with Crippen molar-refractivity contribution in [2.24, 2.45) is 0 Å². The summed E-state index contributed by atoms with van der Waals surface area (Å²) in [7, 11) is -2.68. The second-order valence-corrected chi connectivity index (χ2v) is 1.80. The maximum Gasteiger partial charge on any atom is 1.00 e. The van der Waals surface area contributed by atoms with Gasteiger partial charge in [-0.2, -0.15) is 4.86 Å². The molecule has 0 aromatic rings. The number of carbonyl (C=O) groups is 4. The Hall–Kier alpha value is -1.57. The van der Waals surface area contributed by atoms with E-state index in [4.69, 9.17) is 10.2 Å². The number of hydrogen-bond donors (Lipinski definition) is 2. The Kier molecular flexibility index (Phi) is 8.10. The number of carboxylic acids is 2. The quantitative estimate of drug-likeness (QED) is 0.362. The van der Waals surface area contributed by atoms with Crippen molar-refractivity contribution in [1.29, 1.82) is 0 Å². The largest absolute Gasteiger partial charge is 1.00 e. The molecule has 0 aliphatic rings. The molecule has 0 aromatic heterocycles. The first-order chi connectivity index (χ1) is 6.88. The Morgan fingerprint density at radius 2 is 1.31 bits per heavy atom. The summed E-state index contributed by atoms with van der Waals surface area (Å²) in [5.41, 5.74) is 0. The van der Waals surface area contributed by atoms with E-state index in [1.165, 1.54) is 0 Å². The van der Waals surface area contributed by atoms with Crippen LogP contribution in [0.1, 0.15) is 1.43 Å². The molecule has 0 aliphatic carbocycles. The van der Waals surface area contributed by atoms with Crippen LogP contribution in [0.2, 0.25) is 0 Å². The molecule has 16 heavy (non-hydrogen) atoms. The molecule has 0 fully saturated rings. The molecule has 84 valence electrons. The number of halogens is 1. The van der Waals surface area contributed by atoms with Crippen molar-refractivity contribution in [3.05, 3.63) is 0 Å². The van der Waals surface area contributed by atoms with Crippen molar-refractivity contribution in [1.82, 2.24) is 0 Å². The molecular formula is C4H3BFLiO9. The fourth-order valence-corrected chi connectivity index (χ4v) is 0.336. The Balaban J connectivity index is -0.000000980. The molecule has 0 saturated carbocycles. The van der Waals surface area contributed by atoms with Gasteiger partial charge in [0, 0.05) is 0 Å². The van der Waals surface area contributed by atoms with Crippen molar-refractivity contribution in [3.8, 4) is 0 Å². The SMILES string of the molecule is O=C(O)C(=O)OB(OF)OC(=O)C(=O)O.[H-].[Li+]. The van der Waals surface area contributed by atoms with E-state index in [0.29, 0.717) is 0 Å². The van der Waals surface area contributed by atoms with Crippen LogP contribution in [0.25, 0.3) is 0 Å². The summed E-state index contributed by atoms with van der Waals surface area (Å²) in [5, 5.41) is 15.9. The van der Waals surface area contributed by atoms with Crippen LogP contribution < -0.4 is 18.9 Å². The Morgan fingerprint density at radius 3 is 1.50 bits per heavy atom. The van der Waals surface area contributed by atoms with Crippen LogP contribution in [0.15, 0.2) is 0 Å². The van der Waals surface area contributed by atoms with Crippen LogP contribution in [-0.4, -0.2) is 41.4 Å². The van der Waals surface area contributed by atoms with Gasteiger partial charge >= 0.3 is 50.1 Å². The van der Waals surface area contributed by atoms with Crippen LogP contribution in [0.5, 0.6) is 0 Å². The Bertz CT molecular complexity index is 283. The molecule has 0 atom stereocenters. The van der Waals surface area contributed by atoms with Gasteiger partial charge in [-0.3, -0.25) is 0 Å². The summed E-state index contributed by atoms with van der Waals surface area (Å²) in [6, 6.07) is 0. The molecule has 0 spiro atoms. The fraction of sp³-hybridized carbons (Fsp3) is 0. The zero-order valence-corrected chi connectivity index (χ0v) is 7.71. The van der Waals surface area contributed by atoms with Gasteiger partial charge in [0.15, 0.2) is 0 Å². The molecule has 0 amide bonds. The first-order valence-corrected chi connectivity index (χ1v) is 3.03. The van der Waals surface area contributed by atoms with Crippen LogP contribution >= 0.6 is 0 Å². The van der Waals surface area contributed by atoms with Gasteiger partial charge in [0.2, 0.25) is 0 Å². The van der Waals surface area contributed by atoms with Gasteiger partial charge < -0.3 is 20.9 Å². The monoisotopic (exact) mass is 232 g/mol. The summed E-state index contributed by atoms with van der Waals surface area (Å²) in [5.74, 6) is -8.20. The molecule has 0 rings (SSSR count). The predicted octanol–water partition coefficient (Wildman–Crippen LogP) is -4.76. The second kappa shape index (κ2) is 7.69. The minimum atomic E-state index is -2.68. The molecule has 0 aromatic carbocycles. The minimum Gasteiger partial charge on any atom is -1.00 e. The van der Waals surface area contributed by atoms with E-state index in [0.717, 1.165) is 0 Å². The first-order valence-electron chi connectivity index (χ1n) is 3.03. The van der Waals surface area contributed by atoms with E-state index in [1.54, 1.807) is 0 Å². The third-order valence-electron chi connectivity index (χ3n) is 0.829. The smallest absolute Gasteiger partial charge is 1.00 e. The average molecular weight is 232 g/mol. The van der Waals surface area contributed by atoms with Gasteiger partial charge in [0.1, 0.15) is 0 Å². The maximum atomic E-state index is 11.5. The summed E-state index contributed by atoms with van der Waals surface area (Å²) in [6.45, 7) is 0. The van der Waals surface area contributed by atoms with Gasteiger partial charge in [-0.1, -0.05) is 4.53 Å². The van der Waals surface area contributed by atoms with E-state index >= 15 is 0 Å². The molecule has 0 aliphatic heterocycles. The van der Waals surface area contributed by atoms with Gasteiger partial charge in [0.25, 0.3) is 0 Å². The standard InChI is InChI=1S/C4H2BFO9.Li.H/c6-15-5(13-3(11)1(7)8)14-4(12)2(9)10;;/h(H,7,8)(H,9,10);;/q;+1;-1. The average Bonchev–Trinajstić information content (AvgIpc) is 2.15. The molecule has 2 N–H and O–H groups in total. The van der Waals surface area contributed by atoms with E-state index < -0.39 is 31.2 Å². The van der Waals surface area contributed by atoms with Crippen molar-refractivity contribution in [2.45, 2.75) is 0 Å². The van der Waals surface area contributed by atoms with E-state index in [9.17, 15) is 23.7 Å². The molecule has 0 radical (unpaired) electrons. The van der Waals surface area contributed by atoms with Crippen LogP contribution in [0, 0.1) is 0 Å². The summed E-state index contributed by atoms with van der Waals surface area (Å²) >= 11 is 0. The minimum absolute atomic E-state index is 0. The fourth-order valence-electron chi connectivity index (χ4n) is 0.336. The molecule has 12 heteroatoms. The molecule has 0 heterocycles. The number of aliphatic carboxylic acids is 2. The number of hydrogen-bond acceptors (Lipinski definition) is 7. The number of rotatable bonds is 3. The molecule has 0 saturated heterocycles. The van der Waals surface area contributed by atoms with Crippen LogP contribution in [0.4, 0.5) is 4.53 Å². The Morgan fingerprint density at radius 1 is 1.00 bits per heavy atom. The van der Waals surface area contributed by atoms with E-state index in [2.05, 4.69) is 14.2 Å². The number of carbonyl (C=O) groups excluding carboxylic acids is 2. The first kappa shape index (κ1) is 16.8. The van der Waals surface area contributed by atoms with Crippen molar-refractivity contribution >= 4 is 31.2 Å². The van der Waals surface area contributed by atoms with Gasteiger partial charge in [-0.25, -0.2) is 19.2 Å². The summed E-state index contributed by atoms with van der Waals surface area (Å²) in [6.07, 6.45) is 0. The summed E-state index contributed by atoms with van der Waals surface area (Å²) < 4.78 is 18.5.